The van der Waals surface area contributed by atoms with E-state index in [1.54, 1.807) is 0 Å². The van der Waals surface area contributed by atoms with E-state index in [2.05, 4.69) is 12.2 Å². The van der Waals surface area contributed by atoms with Crippen molar-refractivity contribution in [2.24, 2.45) is 0 Å². The first-order chi connectivity index (χ1) is 6.25. The third kappa shape index (κ3) is 0.983. The second-order valence-electron chi connectivity index (χ2n) is 3.26. The van der Waals surface area contributed by atoms with Crippen LogP contribution in [-0.2, 0) is 4.74 Å². The molecule has 2 atom stereocenters. The highest BCUT2D eigenvalue weighted by Crippen LogP contribution is 2.47. The van der Waals surface area contributed by atoms with Crippen LogP contribution in [0, 0.1) is 0 Å². The molecule has 1 aromatic rings. The maximum absolute atomic E-state index is 5.92. The van der Waals surface area contributed by atoms with Gasteiger partial charge >= 0.3 is 0 Å². The molecule has 2 aliphatic heterocycles. The lowest BCUT2D eigenvalue weighted by molar-refractivity contribution is 0.0878. The minimum absolute atomic E-state index is 0.0924. The van der Waals surface area contributed by atoms with Crippen LogP contribution in [0.3, 0.4) is 0 Å². The summed E-state index contributed by atoms with van der Waals surface area (Å²) in [6, 6.07) is 3.79. The Labute approximate surface area is 85.9 Å². The molecule has 0 N–H and O–H groups in total. The van der Waals surface area contributed by atoms with Gasteiger partial charge in [-0.25, -0.2) is 0 Å². The van der Waals surface area contributed by atoms with Gasteiger partial charge in [-0.3, -0.25) is 0 Å². The second-order valence-corrected chi connectivity index (χ2v) is 4.07. The van der Waals surface area contributed by atoms with Crippen LogP contribution < -0.4 is 0 Å². The van der Waals surface area contributed by atoms with Gasteiger partial charge in [0.15, 0.2) is 0 Å². The maximum Gasteiger partial charge on any atom is 0.102 e. The van der Waals surface area contributed by atoms with Gasteiger partial charge in [-0.15, -0.1) is 0 Å². The normalized spacial score (nSPS) is 28.2. The van der Waals surface area contributed by atoms with E-state index in [9.17, 15) is 0 Å². The van der Waals surface area contributed by atoms with E-state index in [1.807, 2.05) is 12.1 Å². The Morgan fingerprint density at radius 2 is 1.38 bits per heavy atom. The van der Waals surface area contributed by atoms with Gasteiger partial charge in [0.05, 0.1) is 10.0 Å². The Morgan fingerprint density at radius 3 is 1.85 bits per heavy atom. The number of halogens is 2. The van der Waals surface area contributed by atoms with Gasteiger partial charge in [0, 0.05) is 0 Å². The van der Waals surface area contributed by atoms with E-state index in [-0.39, 0.29) is 12.2 Å². The molecule has 2 bridgehead atoms. The fourth-order valence-corrected chi connectivity index (χ4v) is 2.22. The maximum atomic E-state index is 5.92. The molecule has 2 aliphatic rings. The third-order valence-corrected chi connectivity index (χ3v) is 3.22. The summed E-state index contributed by atoms with van der Waals surface area (Å²) in [6.07, 6.45) is 4.29. The molecule has 13 heavy (non-hydrogen) atoms. The molecule has 3 rings (SSSR count). The van der Waals surface area contributed by atoms with Crippen LogP contribution >= 0.6 is 23.2 Å². The Bertz CT molecular complexity index is 375. The molecule has 0 fully saturated rings. The zero-order valence-electron chi connectivity index (χ0n) is 6.63. The number of rotatable bonds is 0. The molecule has 1 nitrogen and oxygen atoms in total. The predicted octanol–water partition coefficient (Wildman–Crippen LogP) is 3.68. The van der Waals surface area contributed by atoms with Crippen LogP contribution in [0.5, 0.6) is 0 Å². The number of hydrogen-bond donors (Lipinski definition) is 0. The van der Waals surface area contributed by atoms with Crippen LogP contribution in [0.25, 0.3) is 0 Å². The number of ether oxygens (including phenoxy) is 1. The molecule has 66 valence electrons. The summed E-state index contributed by atoms with van der Waals surface area (Å²) in [5.41, 5.74) is 2.31. The zero-order chi connectivity index (χ0) is 9.00. The molecule has 0 aliphatic carbocycles. The summed E-state index contributed by atoms with van der Waals surface area (Å²) in [5.74, 6) is 0. The average molecular weight is 213 g/mol. The molecule has 2 heterocycles. The predicted molar refractivity (Wildman–Crippen MR) is 52.2 cm³/mol. The molecular weight excluding hydrogens is 207 g/mol. The fraction of sp³-hybridized carbons (Fsp3) is 0.200. The van der Waals surface area contributed by atoms with Crippen molar-refractivity contribution in [3.05, 3.63) is 45.5 Å². The average Bonchev–Trinajstić information content (AvgIpc) is 2.67. The lowest BCUT2D eigenvalue weighted by atomic mass is 9.97. The molecule has 0 radical (unpaired) electrons. The number of benzene rings is 1. The van der Waals surface area contributed by atoms with E-state index < -0.39 is 0 Å². The Kier molecular flexibility index (Phi) is 1.51. The third-order valence-electron chi connectivity index (χ3n) is 2.49. The quantitative estimate of drug-likeness (QED) is 0.597. The molecular formula is C10H6Cl2O. The largest absolute Gasteiger partial charge is 0.357 e. The van der Waals surface area contributed by atoms with Crippen molar-refractivity contribution in [1.82, 2.24) is 0 Å². The van der Waals surface area contributed by atoms with Crippen LogP contribution in [-0.4, -0.2) is 0 Å². The summed E-state index contributed by atoms with van der Waals surface area (Å²) >= 11 is 11.8. The van der Waals surface area contributed by atoms with E-state index in [4.69, 9.17) is 27.9 Å². The summed E-state index contributed by atoms with van der Waals surface area (Å²) in [4.78, 5) is 0. The second kappa shape index (κ2) is 2.50. The van der Waals surface area contributed by atoms with Crippen molar-refractivity contribution in [2.75, 3.05) is 0 Å². The molecule has 0 saturated heterocycles. The van der Waals surface area contributed by atoms with Crippen LogP contribution in [0.15, 0.2) is 24.3 Å². The smallest absolute Gasteiger partial charge is 0.102 e. The van der Waals surface area contributed by atoms with Crippen molar-refractivity contribution in [3.8, 4) is 0 Å². The molecule has 0 amide bonds. The molecule has 0 saturated carbocycles. The van der Waals surface area contributed by atoms with Crippen LogP contribution in [0.4, 0.5) is 0 Å². The first kappa shape index (κ1) is 7.86. The van der Waals surface area contributed by atoms with E-state index in [1.165, 1.54) is 0 Å². The van der Waals surface area contributed by atoms with Crippen molar-refractivity contribution >= 4 is 23.2 Å². The molecule has 0 aromatic heterocycles. The van der Waals surface area contributed by atoms with Crippen LogP contribution in [0.2, 0.25) is 10.0 Å². The van der Waals surface area contributed by atoms with Crippen molar-refractivity contribution in [1.29, 1.82) is 0 Å². The molecule has 1 aromatic carbocycles. The number of fused-ring (bicyclic) bond motifs is 5. The summed E-state index contributed by atoms with van der Waals surface area (Å²) in [7, 11) is 0. The highest BCUT2D eigenvalue weighted by molar-refractivity contribution is 6.42. The van der Waals surface area contributed by atoms with Gasteiger partial charge in [0.25, 0.3) is 0 Å². The Morgan fingerprint density at radius 1 is 0.923 bits per heavy atom. The summed E-state index contributed by atoms with van der Waals surface area (Å²) in [5, 5.41) is 1.20. The van der Waals surface area contributed by atoms with Gasteiger partial charge < -0.3 is 4.74 Å². The highest BCUT2D eigenvalue weighted by atomic mass is 35.5. The highest BCUT2D eigenvalue weighted by Gasteiger charge is 2.33. The first-order valence-corrected chi connectivity index (χ1v) is 4.84. The zero-order valence-corrected chi connectivity index (χ0v) is 8.14. The fourth-order valence-electron chi connectivity index (χ4n) is 1.87. The lowest BCUT2D eigenvalue weighted by Crippen LogP contribution is -1.92. The van der Waals surface area contributed by atoms with Gasteiger partial charge in [0.1, 0.15) is 12.2 Å². The Balaban J connectivity index is 2.25. The van der Waals surface area contributed by atoms with Crippen molar-refractivity contribution < 1.29 is 4.74 Å². The van der Waals surface area contributed by atoms with E-state index in [0.717, 1.165) is 11.1 Å². The molecule has 0 spiro atoms. The van der Waals surface area contributed by atoms with E-state index in [0.29, 0.717) is 10.0 Å². The van der Waals surface area contributed by atoms with Crippen molar-refractivity contribution in [2.45, 2.75) is 12.2 Å². The van der Waals surface area contributed by atoms with Gasteiger partial charge in [-0.1, -0.05) is 35.4 Å². The summed E-state index contributed by atoms with van der Waals surface area (Å²) in [6.45, 7) is 0. The van der Waals surface area contributed by atoms with Crippen LogP contribution in [0.1, 0.15) is 23.3 Å². The van der Waals surface area contributed by atoms with Gasteiger partial charge in [0.2, 0.25) is 0 Å². The standard InChI is InChI=1S/C10H6Cl2O/c11-7-3-5-6(4-8(7)12)10-2-1-9(5)13-10/h1-4,9-10H. The monoisotopic (exact) mass is 212 g/mol. The van der Waals surface area contributed by atoms with Gasteiger partial charge in [-0.05, 0) is 23.3 Å². The topological polar surface area (TPSA) is 9.23 Å². The summed E-state index contributed by atoms with van der Waals surface area (Å²) < 4.78 is 5.62. The first-order valence-electron chi connectivity index (χ1n) is 4.08. The SMILES string of the molecule is Clc1cc2c(cc1Cl)C1C=CC2O1. The van der Waals surface area contributed by atoms with E-state index >= 15 is 0 Å². The van der Waals surface area contributed by atoms with Gasteiger partial charge in [-0.2, -0.15) is 0 Å². The lowest BCUT2D eigenvalue weighted by Gasteiger charge is -2.07. The minimum Gasteiger partial charge on any atom is -0.357 e. The Hall–Kier alpha value is -0.500. The minimum atomic E-state index is 0.0924. The molecule has 2 unspecified atom stereocenters. The van der Waals surface area contributed by atoms with Crippen molar-refractivity contribution in [3.63, 3.8) is 0 Å². The molecule has 3 heteroatoms. The number of hydrogen-bond acceptors (Lipinski definition) is 1.